The standard InChI is InChI=1S/C24H31N5O5/c1-5-10-28-16(3)11-18(17(28)4)12-19(13-25)21(31)34-14-20(30)27-29-22(32)24(26-23(29)33)8-6-15(2)7-9-24/h11-12,15H,5-10,14H2,1-4H3,(H,26,33)(H,27,30)/b19-12+. The van der Waals surface area contributed by atoms with E-state index in [1.165, 1.54) is 6.08 Å². The lowest BCUT2D eigenvalue weighted by Gasteiger charge is -2.33. The number of esters is 1. The van der Waals surface area contributed by atoms with Crippen molar-refractivity contribution in [1.29, 1.82) is 5.26 Å². The summed E-state index contributed by atoms with van der Waals surface area (Å²) in [5, 5.41) is 12.8. The fourth-order valence-corrected chi connectivity index (χ4v) is 4.52. The van der Waals surface area contributed by atoms with E-state index in [0.29, 0.717) is 23.8 Å². The molecule has 0 atom stereocenters. The summed E-state index contributed by atoms with van der Waals surface area (Å²) in [7, 11) is 0. The van der Waals surface area contributed by atoms with Crippen LogP contribution >= 0.6 is 0 Å². The summed E-state index contributed by atoms with van der Waals surface area (Å²) in [6.45, 7) is 8.08. The Morgan fingerprint density at radius 3 is 2.62 bits per heavy atom. The lowest BCUT2D eigenvalue weighted by molar-refractivity contribution is -0.147. The molecule has 2 aliphatic rings. The molecule has 0 bridgehead atoms. The van der Waals surface area contributed by atoms with Crippen molar-refractivity contribution in [2.45, 2.75) is 71.9 Å². The molecule has 2 N–H and O–H groups in total. The number of hydrazine groups is 1. The molecule has 1 saturated heterocycles. The van der Waals surface area contributed by atoms with Crippen LogP contribution in [0.2, 0.25) is 0 Å². The van der Waals surface area contributed by atoms with Crippen LogP contribution in [0.15, 0.2) is 11.6 Å². The number of carbonyl (C=O) groups is 4. The second kappa shape index (κ2) is 10.1. The molecule has 1 spiro atoms. The maximum atomic E-state index is 12.8. The zero-order valence-electron chi connectivity index (χ0n) is 20.1. The van der Waals surface area contributed by atoms with E-state index in [2.05, 4.69) is 29.2 Å². The van der Waals surface area contributed by atoms with Gasteiger partial charge in [0.1, 0.15) is 17.2 Å². The summed E-state index contributed by atoms with van der Waals surface area (Å²) in [6, 6.07) is 2.98. The third-order valence-corrected chi connectivity index (χ3v) is 6.56. The summed E-state index contributed by atoms with van der Waals surface area (Å²) in [5.74, 6) is -1.85. The third-order valence-electron chi connectivity index (χ3n) is 6.56. The molecule has 4 amide bonds. The van der Waals surface area contributed by atoms with Crippen molar-refractivity contribution in [1.82, 2.24) is 20.3 Å². The minimum Gasteiger partial charge on any atom is -0.451 e. The smallest absolute Gasteiger partial charge is 0.349 e. The average Bonchev–Trinajstić information content (AvgIpc) is 3.20. The Morgan fingerprint density at radius 1 is 1.32 bits per heavy atom. The maximum Gasteiger partial charge on any atom is 0.349 e. The van der Waals surface area contributed by atoms with Crippen molar-refractivity contribution < 1.29 is 23.9 Å². The first kappa shape index (κ1) is 25.0. The second-order valence-electron chi connectivity index (χ2n) is 9.09. The lowest BCUT2D eigenvalue weighted by Crippen LogP contribution is -2.52. The van der Waals surface area contributed by atoms with Gasteiger partial charge in [-0.1, -0.05) is 13.8 Å². The van der Waals surface area contributed by atoms with Gasteiger partial charge in [-0.3, -0.25) is 15.0 Å². The van der Waals surface area contributed by atoms with Crippen LogP contribution in [0.5, 0.6) is 0 Å². The number of nitrogens with one attached hydrogen (secondary N) is 2. The van der Waals surface area contributed by atoms with Gasteiger partial charge in [-0.15, -0.1) is 0 Å². The van der Waals surface area contributed by atoms with Gasteiger partial charge in [0.05, 0.1) is 0 Å². The maximum absolute atomic E-state index is 12.8. The van der Waals surface area contributed by atoms with Crippen LogP contribution in [0, 0.1) is 31.1 Å². The van der Waals surface area contributed by atoms with E-state index >= 15 is 0 Å². The Labute approximate surface area is 198 Å². The van der Waals surface area contributed by atoms with Crippen molar-refractivity contribution in [3.05, 3.63) is 28.6 Å². The van der Waals surface area contributed by atoms with E-state index < -0.39 is 36.0 Å². The van der Waals surface area contributed by atoms with Crippen LogP contribution in [-0.2, 0) is 25.7 Å². The highest BCUT2D eigenvalue weighted by molar-refractivity contribution is 6.08. The van der Waals surface area contributed by atoms with E-state index in [9.17, 15) is 24.4 Å². The van der Waals surface area contributed by atoms with Crippen molar-refractivity contribution in [3.8, 4) is 6.07 Å². The zero-order chi connectivity index (χ0) is 25.0. The Morgan fingerprint density at radius 2 is 2.00 bits per heavy atom. The van der Waals surface area contributed by atoms with Gasteiger partial charge < -0.3 is 14.6 Å². The number of aromatic nitrogens is 1. The highest BCUT2D eigenvalue weighted by Gasteiger charge is 2.52. The summed E-state index contributed by atoms with van der Waals surface area (Å²) in [4.78, 5) is 49.8. The molecule has 1 aromatic heterocycles. The molecule has 2 heterocycles. The van der Waals surface area contributed by atoms with Gasteiger partial charge in [-0.05, 0) is 69.6 Å². The largest absolute Gasteiger partial charge is 0.451 e. The van der Waals surface area contributed by atoms with E-state index in [0.717, 1.165) is 42.8 Å². The SMILES string of the molecule is CCCn1c(C)cc(/C=C(\C#N)C(=O)OCC(=O)NN2C(=O)NC3(CCC(C)CC3)C2=O)c1C. The molecule has 10 heteroatoms. The number of carbonyl (C=O) groups excluding carboxylic acids is 4. The molecule has 182 valence electrons. The Bertz CT molecular complexity index is 1070. The normalized spacial score (nSPS) is 22.5. The number of rotatable bonds is 7. The van der Waals surface area contributed by atoms with Crippen molar-refractivity contribution >= 4 is 29.9 Å². The van der Waals surface area contributed by atoms with Gasteiger partial charge in [-0.25, -0.2) is 9.59 Å². The first-order valence-electron chi connectivity index (χ1n) is 11.5. The number of imide groups is 1. The van der Waals surface area contributed by atoms with Crippen LogP contribution < -0.4 is 10.7 Å². The monoisotopic (exact) mass is 469 g/mol. The second-order valence-corrected chi connectivity index (χ2v) is 9.09. The topological polar surface area (TPSA) is 134 Å². The van der Waals surface area contributed by atoms with Crippen LogP contribution in [0.4, 0.5) is 4.79 Å². The van der Waals surface area contributed by atoms with Gasteiger partial charge in [0.15, 0.2) is 6.61 Å². The van der Waals surface area contributed by atoms with Gasteiger partial charge in [0, 0.05) is 17.9 Å². The molecule has 3 rings (SSSR count). The Hall–Kier alpha value is -3.61. The molecule has 0 unspecified atom stereocenters. The third kappa shape index (κ3) is 4.98. The van der Waals surface area contributed by atoms with Crippen molar-refractivity contribution in [3.63, 3.8) is 0 Å². The van der Waals surface area contributed by atoms with Crippen LogP contribution in [0.25, 0.3) is 6.08 Å². The molecular weight excluding hydrogens is 438 g/mol. The molecule has 1 saturated carbocycles. The fourth-order valence-electron chi connectivity index (χ4n) is 4.52. The average molecular weight is 470 g/mol. The van der Waals surface area contributed by atoms with Gasteiger partial charge in [0.25, 0.3) is 11.8 Å². The van der Waals surface area contributed by atoms with E-state index in [1.807, 2.05) is 26.0 Å². The first-order valence-corrected chi connectivity index (χ1v) is 11.5. The fraction of sp³-hybridized carbons (Fsp3) is 0.542. The summed E-state index contributed by atoms with van der Waals surface area (Å²) in [6.07, 6.45) is 5.00. The number of ether oxygens (including phenoxy) is 1. The number of hydrogen-bond donors (Lipinski definition) is 2. The van der Waals surface area contributed by atoms with Crippen LogP contribution in [0.3, 0.4) is 0 Å². The highest BCUT2D eigenvalue weighted by atomic mass is 16.5. The van der Waals surface area contributed by atoms with Crippen LogP contribution in [0.1, 0.15) is 62.9 Å². The minimum absolute atomic E-state index is 0.255. The predicted octanol–water partition coefficient (Wildman–Crippen LogP) is 2.50. The molecule has 1 aromatic rings. The molecule has 1 aliphatic carbocycles. The van der Waals surface area contributed by atoms with E-state index in [1.54, 1.807) is 0 Å². The number of nitrogens with zero attached hydrogens (tertiary/aromatic N) is 3. The Kier molecular flexibility index (Phi) is 7.44. The molecule has 34 heavy (non-hydrogen) atoms. The van der Waals surface area contributed by atoms with Crippen molar-refractivity contribution in [2.24, 2.45) is 5.92 Å². The van der Waals surface area contributed by atoms with Gasteiger partial charge >= 0.3 is 12.0 Å². The number of amides is 4. The van der Waals surface area contributed by atoms with Crippen LogP contribution in [-0.4, -0.2) is 45.5 Å². The number of nitriles is 1. The Balaban J connectivity index is 1.60. The van der Waals surface area contributed by atoms with E-state index in [4.69, 9.17) is 4.74 Å². The van der Waals surface area contributed by atoms with Gasteiger partial charge in [0.2, 0.25) is 0 Å². The van der Waals surface area contributed by atoms with E-state index in [-0.39, 0.29) is 5.57 Å². The summed E-state index contributed by atoms with van der Waals surface area (Å²) >= 11 is 0. The number of urea groups is 1. The number of hydrogen-bond acceptors (Lipinski definition) is 6. The number of aryl methyl sites for hydroxylation is 1. The molecule has 10 nitrogen and oxygen atoms in total. The molecule has 0 aromatic carbocycles. The lowest BCUT2D eigenvalue weighted by atomic mass is 9.77. The quantitative estimate of drug-likeness (QED) is 0.273. The molecular formula is C24H31N5O5. The zero-order valence-corrected chi connectivity index (χ0v) is 20.1. The molecule has 2 fully saturated rings. The molecule has 1 aliphatic heterocycles. The minimum atomic E-state index is -0.992. The van der Waals surface area contributed by atoms with Crippen molar-refractivity contribution in [2.75, 3.05) is 6.61 Å². The predicted molar refractivity (Wildman–Crippen MR) is 123 cm³/mol. The highest BCUT2D eigenvalue weighted by Crippen LogP contribution is 2.35. The molecule has 0 radical (unpaired) electrons. The summed E-state index contributed by atoms with van der Waals surface area (Å²) in [5.41, 5.74) is 3.61. The first-order chi connectivity index (χ1) is 16.1. The summed E-state index contributed by atoms with van der Waals surface area (Å²) < 4.78 is 7.06. The van der Waals surface area contributed by atoms with Gasteiger partial charge in [-0.2, -0.15) is 10.3 Å².